The van der Waals surface area contributed by atoms with E-state index >= 15 is 0 Å². The van der Waals surface area contributed by atoms with Gasteiger partial charge in [0.1, 0.15) is 16.5 Å². The molecule has 10 nitrogen and oxygen atoms in total. The van der Waals surface area contributed by atoms with Gasteiger partial charge in [0.15, 0.2) is 0 Å². The van der Waals surface area contributed by atoms with Crippen LogP contribution in [0.25, 0.3) is 0 Å². The van der Waals surface area contributed by atoms with Crippen molar-refractivity contribution < 1.29 is 35.5 Å². The van der Waals surface area contributed by atoms with Gasteiger partial charge < -0.3 is 14.8 Å². The fraction of sp³-hybridized carbons (Fsp3) is 0.278. The van der Waals surface area contributed by atoms with Gasteiger partial charge in [-0.05, 0) is 36.4 Å². The zero-order chi connectivity index (χ0) is 22.8. The van der Waals surface area contributed by atoms with Crippen LogP contribution in [0.2, 0.25) is 0 Å². The smallest absolute Gasteiger partial charge is 0.258 e. The number of benzene rings is 2. The highest BCUT2D eigenvalue weighted by Gasteiger charge is 2.28. The quantitative estimate of drug-likeness (QED) is 0.630. The van der Waals surface area contributed by atoms with Crippen LogP contribution < -0.4 is 15.2 Å². The summed E-state index contributed by atoms with van der Waals surface area (Å²) in [7, 11) is -6.86. The van der Waals surface area contributed by atoms with E-state index in [1.165, 1.54) is 23.5 Å². The van der Waals surface area contributed by atoms with Gasteiger partial charge in [-0.2, -0.15) is 4.31 Å². The van der Waals surface area contributed by atoms with Crippen molar-refractivity contribution in [1.29, 1.82) is 0 Å². The van der Waals surface area contributed by atoms with E-state index in [1.807, 2.05) is 0 Å². The van der Waals surface area contributed by atoms with Gasteiger partial charge >= 0.3 is 0 Å². The summed E-state index contributed by atoms with van der Waals surface area (Å²) >= 11 is 0. The first-order valence-electron chi connectivity index (χ1n) is 8.93. The summed E-state index contributed by atoms with van der Waals surface area (Å²) in [6.07, 6.45) is 0. The third kappa shape index (κ3) is 5.02. The standard InChI is InChI=1S/C18H20FN3O7S2/c1-28-16-5-2-12(10-17(16)30(20,24)25)21-18(23)14-11-13(3-4-15(14)19)31(26,27)22-6-8-29-9-7-22/h2-5,10-11H,6-9H2,1H3,(H,21,23)(H2,20,24,25). The van der Waals surface area contributed by atoms with E-state index in [-0.39, 0.29) is 47.5 Å². The van der Waals surface area contributed by atoms with Gasteiger partial charge in [-0.25, -0.2) is 26.4 Å². The molecule has 0 aromatic heterocycles. The Morgan fingerprint density at radius 1 is 1.13 bits per heavy atom. The highest BCUT2D eigenvalue weighted by Crippen LogP contribution is 2.27. The van der Waals surface area contributed by atoms with Crippen LogP contribution in [0, 0.1) is 5.82 Å². The predicted molar refractivity (Wildman–Crippen MR) is 108 cm³/mol. The summed E-state index contributed by atoms with van der Waals surface area (Å²) < 4.78 is 74.6. The summed E-state index contributed by atoms with van der Waals surface area (Å²) in [5, 5.41) is 7.48. The molecule has 1 amide bonds. The molecule has 1 aliphatic heterocycles. The Balaban J connectivity index is 1.92. The SMILES string of the molecule is COc1ccc(NC(=O)c2cc(S(=O)(=O)N3CCOCC3)ccc2F)cc1S(N)(=O)=O. The number of anilines is 1. The third-order valence-electron chi connectivity index (χ3n) is 4.52. The number of carbonyl (C=O) groups is 1. The second kappa shape index (κ2) is 8.88. The summed E-state index contributed by atoms with van der Waals surface area (Å²) in [4.78, 5) is 12.0. The molecule has 2 aromatic carbocycles. The number of nitrogens with two attached hydrogens (primary N) is 1. The summed E-state index contributed by atoms with van der Waals surface area (Å²) in [6, 6.07) is 6.54. The Bertz CT molecular complexity index is 1210. The molecule has 1 fully saturated rings. The third-order valence-corrected chi connectivity index (χ3v) is 7.35. The minimum Gasteiger partial charge on any atom is -0.495 e. The molecule has 13 heteroatoms. The van der Waals surface area contributed by atoms with E-state index in [9.17, 15) is 26.0 Å². The van der Waals surface area contributed by atoms with Crippen molar-refractivity contribution >= 4 is 31.6 Å². The molecule has 0 radical (unpaired) electrons. The number of primary sulfonamides is 1. The molecule has 168 valence electrons. The molecule has 0 aliphatic carbocycles. The molecule has 0 spiro atoms. The molecule has 1 heterocycles. The molecule has 31 heavy (non-hydrogen) atoms. The van der Waals surface area contributed by atoms with Crippen molar-refractivity contribution in [1.82, 2.24) is 4.31 Å². The fourth-order valence-electron chi connectivity index (χ4n) is 2.95. The number of amides is 1. The van der Waals surface area contributed by atoms with Crippen LogP contribution in [0.1, 0.15) is 10.4 Å². The maximum absolute atomic E-state index is 14.3. The molecule has 2 aromatic rings. The predicted octanol–water partition coefficient (Wildman–Crippen LogP) is 0.755. The van der Waals surface area contributed by atoms with Crippen LogP contribution in [0.15, 0.2) is 46.2 Å². The van der Waals surface area contributed by atoms with Crippen LogP contribution >= 0.6 is 0 Å². The van der Waals surface area contributed by atoms with Gasteiger partial charge in [-0.15, -0.1) is 0 Å². The lowest BCUT2D eigenvalue weighted by Crippen LogP contribution is -2.40. The van der Waals surface area contributed by atoms with E-state index in [4.69, 9.17) is 14.6 Å². The first-order chi connectivity index (χ1) is 14.5. The first-order valence-corrected chi connectivity index (χ1v) is 11.9. The Morgan fingerprint density at radius 2 is 1.81 bits per heavy atom. The molecule has 0 unspecified atom stereocenters. The van der Waals surface area contributed by atoms with Gasteiger partial charge in [0.05, 0.1) is 30.8 Å². The number of methoxy groups -OCH3 is 1. The zero-order valence-electron chi connectivity index (χ0n) is 16.4. The van der Waals surface area contributed by atoms with Gasteiger partial charge in [0, 0.05) is 18.8 Å². The highest BCUT2D eigenvalue weighted by atomic mass is 32.2. The fourth-order valence-corrected chi connectivity index (χ4v) is 5.11. The lowest BCUT2D eigenvalue weighted by atomic mass is 10.2. The highest BCUT2D eigenvalue weighted by molar-refractivity contribution is 7.89. The van der Waals surface area contributed by atoms with E-state index in [0.717, 1.165) is 24.3 Å². The Hall–Kier alpha value is -2.58. The topological polar surface area (TPSA) is 145 Å². The summed E-state index contributed by atoms with van der Waals surface area (Å²) in [5.74, 6) is -1.95. The first kappa shape index (κ1) is 23.1. The second-order valence-corrected chi connectivity index (χ2v) is 9.99. The molecule has 3 N–H and O–H groups in total. The van der Waals surface area contributed by atoms with Crippen molar-refractivity contribution in [2.75, 3.05) is 38.7 Å². The van der Waals surface area contributed by atoms with Crippen LogP contribution in [-0.4, -0.2) is 60.5 Å². The molecule has 0 bridgehead atoms. The van der Waals surface area contributed by atoms with Crippen LogP contribution in [0.3, 0.4) is 0 Å². The van der Waals surface area contributed by atoms with Gasteiger partial charge in [0.25, 0.3) is 5.91 Å². The molecule has 0 saturated carbocycles. The largest absolute Gasteiger partial charge is 0.495 e. The Morgan fingerprint density at radius 3 is 2.42 bits per heavy atom. The molecule has 3 rings (SSSR count). The number of carbonyl (C=O) groups excluding carboxylic acids is 1. The van der Waals surface area contributed by atoms with Crippen molar-refractivity contribution in [3.05, 3.63) is 47.8 Å². The number of nitrogens with one attached hydrogen (secondary N) is 1. The van der Waals surface area contributed by atoms with E-state index in [1.54, 1.807) is 0 Å². The van der Waals surface area contributed by atoms with Crippen LogP contribution in [0.5, 0.6) is 5.75 Å². The lowest BCUT2D eigenvalue weighted by Gasteiger charge is -2.26. The normalized spacial score (nSPS) is 15.5. The Kier molecular flexibility index (Phi) is 6.62. The number of halogens is 1. The number of nitrogens with zero attached hydrogens (tertiary/aromatic N) is 1. The lowest BCUT2D eigenvalue weighted by molar-refractivity contribution is 0.0730. The molecule has 1 aliphatic rings. The van der Waals surface area contributed by atoms with Gasteiger partial charge in [-0.1, -0.05) is 0 Å². The maximum atomic E-state index is 14.3. The summed E-state index contributed by atoms with van der Waals surface area (Å²) in [5.41, 5.74) is -0.530. The second-order valence-electron chi connectivity index (χ2n) is 6.52. The summed E-state index contributed by atoms with van der Waals surface area (Å²) in [6.45, 7) is 0.752. The minimum absolute atomic E-state index is 0.00401. The Labute approximate surface area is 178 Å². The number of sulfonamides is 2. The van der Waals surface area contributed by atoms with Crippen LogP contribution in [-0.2, 0) is 24.8 Å². The van der Waals surface area contributed by atoms with Crippen molar-refractivity contribution in [3.8, 4) is 5.75 Å². The van der Waals surface area contributed by atoms with E-state index in [2.05, 4.69) is 5.32 Å². The number of rotatable bonds is 6. The molecular formula is C18H20FN3O7S2. The molecule has 1 saturated heterocycles. The van der Waals surface area contributed by atoms with Crippen molar-refractivity contribution in [3.63, 3.8) is 0 Å². The average Bonchev–Trinajstić information content (AvgIpc) is 2.73. The van der Waals surface area contributed by atoms with Gasteiger partial charge in [-0.3, -0.25) is 4.79 Å². The van der Waals surface area contributed by atoms with E-state index in [0.29, 0.717) is 0 Å². The van der Waals surface area contributed by atoms with Crippen molar-refractivity contribution in [2.24, 2.45) is 5.14 Å². The molecule has 0 atom stereocenters. The van der Waals surface area contributed by atoms with Crippen LogP contribution in [0.4, 0.5) is 10.1 Å². The van der Waals surface area contributed by atoms with Crippen molar-refractivity contribution in [2.45, 2.75) is 9.79 Å². The van der Waals surface area contributed by atoms with Gasteiger partial charge in [0.2, 0.25) is 20.0 Å². The number of hydrogen-bond acceptors (Lipinski definition) is 7. The molecular weight excluding hydrogens is 453 g/mol. The minimum atomic E-state index is -4.16. The zero-order valence-corrected chi connectivity index (χ0v) is 18.0. The number of hydrogen-bond donors (Lipinski definition) is 2. The monoisotopic (exact) mass is 473 g/mol. The number of ether oxygens (including phenoxy) is 2. The maximum Gasteiger partial charge on any atom is 0.258 e. The van der Waals surface area contributed by atoms with E-state index < -0.39 is 37.3 Å². The number of morpholine rings is 1. The average molecular weight is 474 g/mol.